The predicted molar refractivity (Wildman–Crippen MR) is 156 cm³/mol. The van der Waals surface area contributed by atoms with E-state index in [0.717, 1.165) is 66.7 Å². The molecular formula is C33H38N4O. The van der Waals surface area contributed by atoms with Gasteiger partial charge in [0, 0.05) is 17.2 Å². The molecule has 0 radical (unpaired) electrons. The number of carbonyl (C=O) groups is 1. The second-order valence-electron chi connectivity index (χ2n) is 11.3. The largest absolute Gasteiger partial charge is 0.399 e. The summed E-state index contributed by atoms with van der Waals surface area (Å²) in [7, 11) is 0. The van der Waals surface area contributed by atoms with Crippen LogP contribution >= 0.6 is 0 Å². The van der Waals surface area contributed by atoms with Gasteiger partial charge in [0.25, 0.3) is 0 Å². The minimum atomic E-state index is -0.0596. The van der Waals surface area contributed by atoms with Crippen LogP contribution in [0.3, 0.4) is 0 Å². The van der Waals surface area contributed by atoms with Crippen LogP contribution in [0.2, 0.25) is 0 Å². The molecule has 1 heterocycles. The number of benzene rings is 3. The van der Waals surface area contributed by atoms with Gasteiger partial charge in [-0.3, -0.25) is 4.90 Å². The topological polar surface area (TPSA) is 61.9 Å². The second kappa shape index (κ2) is 10.6. The highest BCUT2D eigenvalue weighted by Crippen LogP contribution is 2.41. The van der Waals surface area contributed by atoms with E-state index in [4.69, 9.17) is 10.8 Å². The van der Waals surface area contributed by atoms with E-state index in [1.807, 2.05) is 34.2 Å². The van der Waals surface area contributed by atoms with Crippen LogP contribution in [0.25, 0.3) is 0 Å². The Hall–Kier alpha value is -3.60. The lowest BCUT2D eigenvalue weighted by molar-refractivity contribution is 0.162. The lowest BCUT2D eigenvalue weighted by Gasteiger charge is -2.36. The summed E-state index contributed by atoms with van der Waals surface area (Å²) in [5.41, 5.74) is 13.2. The van der Waals surface area contributed by atoms with Gasteiger partial charge in [-0.05, 0) is 92.8 Å². The molecule has 3 aromatic rings. The van der Waals surface area contributed by atoms with Gasteiger partial charge in [0.15, 0.2) is 0 Å². The fourth-order valence-electron chi connectivity index (χ4n) is 6.63. The zero-order valence-corrected chi connectivity index (χ0v) is 22.4. The van der Waals surface area contributed by atoms with Crippen molar-refractivity contribution in [1.29, 1.82) is 0 Å². The third kappa shape index (κ3) is 4.82. The van der Waals surface area contributed by atoms with Crippen LogP contribution in [-0.4, -0.2) is 22.8 Å². The number of hydrogen-bond donors (Lipinski definition) is 1. The van der Waals surface area contributed by atoms with Crippen molar-refractivity contribution in [2.75, 3.05) is 10.6 Å². The van der Waals surface area contributed by atoms with Gasteiger partial charge in [-0.15, -0.1) is 0 Å². The van der Waals surface area contributed by atoms with Crippen LogP contribution in [0, 0.1) is 12.8 Å². The fraction of sp³-hybridized carbons (Fsp3) is 0.394. The molecule has 0 spiro atoms. The Kier molecular flexibility index (Phi) is 6.92. The third-order valence-electron chi connectivity index (χ3n) is 8.73. The lowest BCUT2D eigenvalue weighted by Crippen LogP contribution is -2.44. The minimum absolute atomic E-state index is 0.0596. The van der Waals surface area contributed by atoms with Crippen LogP contribution in [0.1, 0.15) is 80.4 Å². The van der Waals surface area contributed by atoms with Crippen LogP contribution in [0.5, 0.6) is 0 Å². The summed E-state index contributed by atoms with van der Waals surface area (Å²) in [6.45, 7) is 2.09. The Morgan fingerprint density at radius 1 is 0.789 bits per heavy atom. The number of fused-ring (bicyclic) bond motifs is 1. The molecule has 3 aromatic carbocycles. The molecule has 0 bridgehead atoms. The van der Waals surface area contributed by atoms with Gasteiger partial charge in [0.05, 0.1) is 23.1 Å². The highest BCUT2D eigenvalue weighted by molar-refractivity contribution is 6.14. The van der Waals surface area contributed by atoms with E-state index in [1.165, 1.54) is 24.8 Å². The average molecular weight is 507 g/mol. The third-order valence-corrected chi connectivity index (χ3v) is 8.73. The summed E-state index contributed by atoms with van der Waals surface area (Å²) in [6.07, 6.45) is 10.1. The molecule has 5 nitrogen and oxygen atoms in total. The molecule has 5 heteroatoms. The molecule has 38 heavy (non-hydrogen) atoms. The van der Waals surface area contributed by atoms with Crippen LogP contribution in [0.15, 0.2) is 77.9 Å². The number of hydrogen-bond acceptors (Lipinski definition) is 3. The maximum Gasteiger partial charge on any atom is 0.349 e. The summed E-state index contributed by atoms with van der Waals surface area (Å²) < 4.78 is 0. The molecule has 2 amide bonds. The first-order valence-corrected chi connectivity index (χ1v) is 14.3. The van der Waals surface area contributed by atoms with Crippen molar-refractivity contribution in [3.63, 3.8) is 0 Å². The molecule has 2 saturated carbocycles. The van der Waals surface area contributed by atoms with Gasteiger partial charge < -0.3 is 5.73 Å². The van der Waals surface area contributed by atoms with Gasteiger partial charge in [-0.1, -0.05) is 61.7 Å². The van der Waals surface area contributed by atoms with E-state index >= 15 is 0 Å². The zero-order chi connectivity index (χ0) is 26.1. The lowest BCUT2D eigenvalue weighted by atomic mass is 9.81. The van der Waals surface area contributed by atoms with Crippen molar-refractivity contribution < 1.29 is 4.79 Å². The quantitative estimate of drug-likeness (QED) is 0.363. The Labute approximate surface area is 226 Å². The molecule has 3 aliphatic rings. The predicted octanol–water partition coefficient (Wildman–Crippen LogP) is 8.16. The van der Waals surface area contributed by atoms with Crippen molar-refractivity contribution in [2.24, 2.45) is 11.0 Å². The number of nitrogens with two attached hydrogens (primary N) is 1. The molecule has 0 saturated heterocycles. The van der Waals surface area contributed by atoms with Crippen LogP contribution in [0.4, 0.5) is 21.9 Å². The summed E-state index contributed by atoms with van der Waals surface area (Å²) in [4.78, 5) is 16.4. The van der Waals surface area contributed by atoms with Gasteiger partial charge in [0.2, 0.25) is 0 Å². The number of nitrogens with zero attached hydrogens (tertiary/aromatic N) is 3. The summed E-state index contributed by atoms with van der Waals surface area (Å²) >= 11 is 0. The normalized spacial score (nSPS) is 22.6. The number of carbonyl (C=O) groups excluding carboxylic acids is 1. The average Bonchev–Trinajstić information content (AvgIpc) is 3.08. The molecule has 0 unspecified atom stereocenters. The first-order chi connectivity index (χ1) is 18.6. The van der Waals surface area contributed by atoms with Crippen molar-refractivity contribution in [3.05, 3.63) is 89.5 Å². The van der Waals surface area contributed by atoms with E-state index in [9.17, 15) is 4.79 Å². The van der Waals surface area contributed by atoms with Crippen LogP contribution in [-0.2, 0) is 0 Å². The highest BCUT2D eigenvalue weighted by Gasteiger charge is 2.38. The molecule has 6 rings (SSSR count). The first kappa shape index (κ1) is 24.7. The van der Waals surface area contributed by atoms with E-state index in [2.05, 4.69) is 55.5 Å². The molecule has 196 valence electrons. The van der Waals surface area contributed by atoms with Crippen molar-refractivity contribution in [3.8, 4) is 0 Å². The molecule has 2 aliphatic carbocycles. The van der Waals surface area contributed by atoms with Gasteiger partial charge in [-0.2, -0.15) is 5.10 Å². The summed E-state index contributed by atoms with van der Waals surface area (Å²) in [5.74, 6) is 0.928. The van der Waals surface area contributed by atoms with Crippen LogP contribution < -0.4 is 10.6 Å². The van der Waals surface area contributed by atoms with E-state index in [-0.39, 0.29) is 12.1 Å². The minimum Gasteiger partial charge on any atom is -0.399 e. The maximum absolute atomic E-state index is 14.5. The van der Waals surface area contributed by atoms with Crippen molar-refractivity contribution in [2.45, 2.75) is 76.7 Å². The zero-order valence-electron chi connectivity index (χ0n) is 22.4. The smallest absolute Gasteiger partial charge is 0.349 e. The Balaban J connectivity index is 1.41. The molecule has 0 atom stereocenters. The van der Waals surface area contributed by atoms with Gasteiger partial charge >= 0.3 is 6.03 Å². The molecule has 2 N–H and O–H groups in total. The van der Waals surface area contributed by atoms with Crippen molar-refractivity contribution >= 4 is 28.8 Å². The van der Waals surface area contributed by atoms with E-state index in [0.29, 0.717) is 17.5 Å². The number of amides is 2. The van der Waals surface area contributed by atoms with Crippen molar-refractivity contribution in [1.82, 2.24) is 5.01 Å². The monoisotopic (exact) mass is 506 g/mol. The number of hydrazone groups is 1. The number of urea groups is 1. The molecule has 2 fully saturated rings. The number of aryl methyl sites for hydroxylation is 1. The van der Waals surface area contributed by atoms with Gasteiger partial charge in [-0.25, -0.2) is 9.80 Å². The van der Waals surface area contributed by atoms with Gasteiger partial charge in [0.1, 0.15) is 0 Å². The Morgan fingerprint density at radius 3 is 2.21 bits per heavy atom. The number of nitrogen functional groups attached to an aromatic ring is 1. The first-order valence-electron chi connectivity index (χ1n) is 14.3. The second-order valence-corrected chi connectivity index (χ2v) is 11.3. The Bertz CT molecular complexity index is 1300. The molecule has 0 aromatic heterocycles. The number of rotatable bonds is 4. The summed E-state index contributed by atoms with van der Waals surface area (Å²) in [5, 5.41) is 7.16. The maximum atomic E-state index is 14.5. The summed E-state index contributed by atoms with van der Waals surface area (Å²) in [6, 6.07) is 25.0. The Morgan fingerprint density at radius 2 is 1.50 bits per heavy atom. The molecule has 1 aliphatic heterocycles. The SMILES string of the molecule is Cc1ccc2c(c1)N(c1ccc(N)cc1)C(=O)N(C1CCC(c3ccccc3)CC1)N=C2C1CCCCC1. The van der Waals surface area contributed by atoms with E-state index < -0.39 is 0 Å². The van der Waals surface area contributed by atoms with E-state index in [1.54, 1.807) is 0 Å². The molecular weight excluding hydrogens is 468 g/mol. The fourth-order valence-corrected chi connectivity index (χ4v) is 6.63. The standard InChI is InChI=1S/C33H38N4O/c1-23-12-21-30-31(22-23)36(28-19-15-27(34)16-20-28)33(38)37(35-32(30)26-10-6-3-7-11-26)29-17-13-25(14-18-29)24-8-4-2-5-9-24/h2,4-5,8-9,12,15-16,19-22,25-26,29H,3,6-7,10-11,13-14,17-18,34H2,1H3. The number of anilines is 3. The highest BCUT2D eigenvalue weighted by atomic mass is 16.2.